The van der Waals surface area contributed by atoms with E-state index in [1.807, 2.05) is 0 Å². The minimum atomic E-state index is -1.23. The second kappa shape index (κ2) is 8.98. The number of fused-ring (bicyclic) bond motifs is 1. The van der Waals surface area contributed by atoms with Crippen LogP contribution in [0.15, 0.2) is 11.8 Å². The number of carbonyl (C=O) groups excluding carboxylic acids is 1. The molecule has 0 radical (unpaired) electrons. The van der Waals surface area contributed by atoms with Crippen LogP contribution in [-0.4, -0.2) is 28.7 Å². The van der Waals surface area contributed by atoms with Crippen molar-refractivity contribution < 1.29 is 29.2 Å². The smallest absolute Gasteiger partial charge is 0.172 e. The van der Waals surface area contributed by atoms with Crippen LogP contribution in [0.1, 0.15) is 54.7 Å². The van der Waals surface area contributed by atoms with E-state index in [0.29, 0.717) is 5.56 Å². The maximum Gasteiger partial charge on any atom is 0.172 e. The molecule has 0 amide bonds. The number of aromatic hydroxyl groups is 2. The summed E-state index contributed by atoms with van der Waals surface area (Å²) >= 11 is 12.3. The molecule has 0 spiro atoms. The van der Waals surface area contributed by atoms with Crippen molar-refractivity contribution in [2.24, 2.45) is 5.92 Å². The second-order valence-corrected chi connectivity index (χ2v) is 8.99. The summed E-state index contributed by atoms with van der Waals surface area (Å²) < 4.78 is 17.5. The highest BCUT2D eigenvalue weighted by Gasteiger charge is 2.39. The zero-order chi connectivity index (χ0) is 25.5. The highest BCUT2D eigenvalue weighted by atomic mass is 35.5. The topological polar surface area (TPSA) is 133 Å². The summed E-state index contributed by atoms with van der Waals surface area (Å²) in [5.74, 6) is -1.46. The van der Waals surface area contributed by atoms with Gasteiger partial charge in [-0.05, 0) is 19.9 Å². The SMILES string of the molecule is COc1cc(O)c(C(=O)C(C)C)c2c1C=C(Oc1c(Cl)c(Cl)c(O)c(C#N)c1C#N)C(C)(C)O2. The Bertz CT molecular complexity index is 1330. The molecule has 10 heteroatoms. The van der Waals surface area contributed by atoms with Crippen LogP contribution in [0.3, 0.4) is 0 Å². The Balaban J connectivity index is 2.30. The molecule has 2 N–H and O–H groups in total. The van der Waals surface area contributed by atoms with E-state index < -0.39 is 22.8 Å². The van der Waals surface area contributed by atoms with Gasteiger partial charge in [0.1, 0.15) is 61.9 Å². The predicted octanol–water partition coefficient (Wildman–Crippen LogP) is 5.59. The number of phenolic OH excluding ortho intramolecular Hbond substituents is 2. The number of nitriles is 2. The Kier molecular flexibility index (Phi) is 6.61. The molecular weight excluding hydrogens is 483 g/mol. The third-order valence-electron chi connectivity index (χ3n) is 5.23. The number of benzene rings is 2. The van der Waals surface area contributed by atoms with Gasteiger partial charge in [0.05, 0.1) is 12.7 Å². The summed E-state index contributed by atoms with van der Waals surface area (Å²) in [5.41, 5.74) is -1.62. The van der Waals surface area contributed by atoms with E-state index in [9.17, 15) is 25.5 Å². The number of Topliss-reactive ketones (excluding diaryl/α,β-unsaturated/α-hetero) is 1. The van der Waals surface area contributed by atoms with Gasteiger partial charge in [-0.2, -0.15) is 10.5 Å². The predicted molar refractivity (Wildman–Crippen MR) is 125 cm³/mol. The Labute approximate surface area is 206 Å². The number of phenols is 2. The Morgan fingerprint density at radius 2 is 1.76 bits per heavy atom. The van der Waals surface area contributed by atoms with Crippen LogP contribution in [0.5, 0.6) is 28.7 Å². The molecule has 1 heterocycles. The number of carbonyl (C=O) groups is 1. The van der Waals surface area contributed by atoms with E-state index >= 15 is 0 Å². The molecule has 1 aliphatic heterocycles. The molecule has 3 rings (SSSR count). The van der Waals surface area contributed by atoms with Crippen molar-refractivity contribution in [1.29, 1.82) is 10.5 Å². The first-order chi connectivity index (χ1) is 15.9. The van der Waals surface area contributed by atoms with Crippen LogP contribution in [0.4, 0.5) is 0 Å². The molecule has 0 unspecified atom stereocenters. The molecule has 0 saturated heterocycles. The van der Waals surface area contributed by atoms with Crippen LogP contribution in [-0.2, 0) is 0 Å². The molecule has 0 saturated carbocycles. The molecule has 0 aliphatic carbocycles. The molecule has 34 heavy (non-hydrogen) atoms. The zero-order valence-electron chi connectivity index (χ0n) is 18.9. The lowest BCUT2D eigenvalue weighted by Crippen LogP contribution is -2.37. The summed E-state index contributed by atoms with van der Waals surface area (Å²) in [6.45, 7) is 6.66. The first-order valence-corrected chi connectivity index (χ1v) is 10.8. The van der Waals surface area contributed by atoms with E-state index in [-0.39, 0.29) is 55.7 Å². The van der Waals surface area contributed by atoms with Crippen molar-refractivity contribution in [2.45, 2.75) is 33.3 Å². The van der Waals surface area contributed by atoms with Crippen LogP contribution in [0.2, 0.25) is 10.0 Å². The van der Waals surface area contributed by atoms with Gasteiger partial charge in [0, 0.05) is 12.0 Å². The number of hydrogen-bond acceptors (Lipinski definition) is 8. The molecule has 176 valence electrons. The number of ketones is 1. The summed E-state index contributed by atoms with van der Waals surface area (Å²) in [7, 11) is 1.39. The first-order valence-electron chi connectivity index (χ1n) is 10.0. The van der Waals surface area contributed by atoms with Crippen LogP contribution in [0, 0.1) is 28.6 Å². The van der Waals surface area contributed by atoms with Gasteiger partial charge in [0.2, 0.25) is 0 Å². The van der Waals surface area contributed by atoms with Crippen molar-refractivity contribution in [3.63, 3.8) is 0 Å². The summed E-state index contributed by atoms with van der Waals surface area (Å²) in [6.07, 6.45) is 1.53. The zero-order valence-corrected chi connectivity index (χ0v) is 20.4. The lowest BCUT2D eigenvalue weighted by atomic mass is 9.92. The maximum atomic E-state index is 12.8. The summed E-state index contributed by atoms with van der Waals surface area (Å²) in [4.78, 5) is 12.8. The van der Waals surface area contributed by atoms with Gasteiger partial charge in [0.25, 0.3) is 0 Å². The number of rotatable bonds is 5. The molecule has 1 aliphatic rings. The summed E-state index contributed by atoms with van der Waals surface area (Å²) in [5, 5.41) is 39.0. The largest absolute Gasteiger partial charge is 0.507 e. The molecule has 0 bridgehead atoms. The van der Waals surface area contributed by atoms with Crippen LogP contribution in [0.25, 0.3) is 6.08 Å². The number of ether oxygens (including phenoxy) is 3. The van der Waals surface area contributed by atoms with Crippen molar-refractivity contribution in [3.05, 3.63) is 44.1 Å². The molecule has 0 fully saturated rings. The van der Waals surface area contributed by atoms with Gasteiger partial charge < -0.3 is 24.4 Å². The second-order valence-electron chi connectivity index (χ2n) is 8.24. The van der Waals surface area contributed by atoms with Crippen LogP contribution >= 0.6 is 23.2 Å². The summed E-state index contributed by atoms with van der Waals surface area (Å²) in [6, 6.07) is 4.82. The van der Waals surface area contributed by atoms with Gasteiger partial charge in [-0.3, -0.25) is 4.79 Å². The fraction of sp³-hybridized carbons (Fsp3) is 0.292. The molecular formula is C24H20Cl2N2O6. The van der Waals surface area contributed by atoms with E-state index in [0.717, 1.165) is 0 Å². The average Bonchev–Trinajstić information content (AvgIpc) is 2.78. The quantitative estimate of drug-likeness (QED) is 0.505. The molecule has 8 nitrogen and oxygen atoms in total. The molecule has 2 aromatic carbocycles. The fourth-order valence-electron chi connectivity index (χ4n) is 3.41. The van der Waals surface area contributed by atoms with Crippen molar-refractivity contribution in [3.8, 4) is 40.9 Å². The van der Waals surface area contributed by atoms with E-state index in [1.54, 1.807) is 39.8 Å². The van der Waals surface area contributed by atoms with Gasteiger partial charge in [0.15, 0.2) is 22.9 Å². The number of methoxy groups -OCH3 is 1. The van der Waals surface area contributed by atoms with Gasteiger partial charge >= 0.3 is 0 Å². The lowest BCUT2D eigenvalue weighted by molar-refractivity contribution is 0.0872. The Hall–Kier alpha value is -3.59. The lowest BCUT2D eigenvalue weighted by Gasteiger charge is -2.35. The van der Waals surface area contributed by atoms with E-state index in [4.69, 9.17) is 37.4 Å². The fourth-order valence-corrected chi connectivity index (χ4v) is 3.82. The maximum absolute atomic E-state index is 12.8. The minimum Gasteiger partial charge on any atom is -0.507 e. The highest BCUT2D eigenvalue weighted by molar-refractivity contribution is 6.44. The Morgan fingerprint density at radius 3 is 2.29 bits per heavy atom. The molecule has 0 aromatic heterocycles. The van der Waals surface area contributed by atoms with Gasteiger partial charge in [-0.15, -0.1) is 0 Å². The van der Waals surface area contributed by atoms with Gasteiger partial charge in [-0.1, -0.05) is 37.0 Å². The minimum absolute atomic E-state index is 0.00404. The average molecular weight is 503 g/mol. The molecule has 2 aromatic rings. The molecule has 0 atom stereocenters. The third kappa shape index (κ3) is 3.96. The standard InChI is InChI=1S/C24H20Cl2N2O6/c1-10(2)20(30)17-14(29)7-15(32-5)11-6-16(24(3,4)34-22(11)17)33-23-13(9-28)12(8-27)21(31)18(25)19(23)26/h6-7,10,29,31H,1-5H3. The van der Waals surface area contributed by atoms with E-state index in [2.05, 4.69) is 0 Å². The van der Waals surface area contributed by atoms with Crippen molar-refractivity contribution in [2.75, 3.05) is 7.11 Å². The monoisotopic (exact) mass is 502 g/mol. The highest BCUT2D eigenvalue weighted by Crippen LogP contribution is 2.49. The van der Waals surface area contributed by atoms with E-state index in [1.165, 1.54) is 19.3 Å². The number of halogens is 2. The number of nitrogens with zero attached hydrogens (tertiary/aromatic N) is 2. The van der Waals surface area contributed by atoms with Gasteiger partial charge in [-0.25, -0.2) is 0 Å². The van der Waals surface area contributed by atoms with Crippen molar-refractivity contribution in [1.82, 2.24) is 0 Å². The third-order valence-corrected chi connectivity index (χ3v) is 6.05. The first kappa shape index (κ1) is 25.0. The number of hydrogen-bond donors (Lipinski definition) is 2. The van der Waals surface area contributed by atoms with Crippen LogP contribution < -0.4 is 14.2 Å². The van der Waals surface area contributed by atoms with Crippen molar-refractivity contribution >= 4 is 35.1 Å². The normalized spacial score (nSPS) is 13.8. The Morgan fingerprint density at radius 1 is 1.15 bits per heavy atom.